The second-order valence-electron chi connectivity index (χ2n) is 7.68. The third-order valence-corrected chi connectivity index (χ3v) is 6.76. The van der Waals surface area contributed by atoms with Gasteiger partial charge >= 0.3 is 0 Å². The van der Waals surface area contributed by atoms with Gasteiger partial charge in [0.15, 0.2) is 9.84 Å². The Hall–Kier alpha value is -1.97. The van der Waals surface area contributed by atoms with Crippen LogP contribution in [0.2, 0.25) is 0 Å². The SMILES string of the molecule is CC(=O)N1CCC(NC[C@H]2COCc3nc4cc(S(C)(=O)=O)ccc4n32)CC1. The van der Waals surface area contributed by atoms with Gasteiger partial charge in [-0.2, -0.15) is 0 Å². The highest BCUT2D eigenvalue weighted by atomic mass is 32.2. The fourth-order valence-corrected chi connectivity index (χ4v) is 4.72. The van der Waals surface area contributed by atoms with Gasteiger partial charge in [-0.25, -0.2) is 13.4 Å². The lowest BCUT2D eigenvalue weighted by molar-refractivity contribution is -0.129. The van der Waals surface area contributed by atoms with Crippen molar-refractivity contribution in [2.24, 2.45) is 0 Å². The number of fused-ring (bicyclic) bond motifs is 3. The molecule has 1 aromatic carbocycles. The summed E-state index contributed by atoms with van der Waals surface area (Å²) in [6.45, 7) is 4.97. The molecule has 0 spiro atoms. The highest BCUT2D eigenvalue weighted by molar-refractivity contribution is 7.90. The molecule has 9 heteroatoms. The number of hydrogen-bond acceptors (Lipinski definition) is 6. The molecule has 1 N–H and O–H groups in total. The molecular weight excluding hydrogens is 380 g/mol. The maximum atomic E-state index is 11.8. The first kappa shape index (κ1) is 19.4. The minimum atomic E-state index is -3.27. The minimum absolute atomic E-state index is 0.101. The zero-order valence-electron chi connectivity index (χ0n) is 16.2. The number of carbonyl (C=O) groups is 1. The van der Waals surface area contributed by atoms with Crippen molar-refractivity contribution >= 4 is 26.8 Å². The lowest BCUT2D eigenvalue weighted by Crippen LogP contribution is -2.46. The average molecular weight is 407 g/mol. The van der Waals surface area contributed by atoms with Crippen LogP contribution < -0.4 is 5.32 Å². The van der Waals surface area contributed by atoms with Crippen molar-refractivity contribution in [1.29, 1.82) is 0 Å². The molecule has 1 amide bonds. The highest BCUT2D eigenvalue weighted by Gasteiger charge is 2.26. The van der Waals surface area contributed by atoms with Gasteiger partial charge in [-0.15, -0.1) is 0 Å². The number of aromatic nitrogens is 2. The molecule has 28 heavy (non-hydrogen) atoms. The van der Waals surface area contributed by atoms with Gasteiger partial charge < -0.3 is 19.5 Å². The number of sulfone groups is 1. The summed E-state index contributed by atoms with van der Waals surface area (Å²) in [5, 5.41) is 3.62. The highest BCUT2D eigenvalue weighted by Crippen LogP contribution is 2.27. The van der Waals surface area contributed by atoms with Crippen LogP contribution in [0.5, 0.6) is 0 Å². The molecule has 2 aliphatic rings. The summed E-state index contributed by atoms with van der Waals surface area (Å²) in [5.74, 6) is 0.965. The second-order valence-corrected chi connectivity index (χ2v) is 9.69. The topological polar surface area (TPSA) is 93.5 Å². The van der Waals surface area contributed by atoms with Crippen LogP contribution in [-0.4, -0.2) is 67.3 Å². The number of imidazole rings is 1. The van der Waals surface area contributed by atoms with E-state index in [-0.39, 0.29) is 16.8 Å². The Balaban J connectivity index is 1.50. The quantitative estimate of drug-likeness (QED) is 0.818. The van der Waals surface area contributed by atoms with E-state index in [9.17, 15) is 13.2 Å². The number of ether oxygens (including phenoxy) is 1. The van der Waals surface area contributed by atoms with Gasteiger partial charge in [0.05, 0.1) is 28.6 Å². The molecule has 4 rings (SSSR count). The van der Waals surface area contributed by atoms with E-state index in [1.807, 2.05) is 11.0 Å². The Morgan fingerprint density at radius 2 is 2.07 bits per heavy atom. The number of nitrogens with zero attached hydrogens (tertiary/aromatic N) is 3. The molecule has 0 radical (unpaired) electrons. The number of nitrogens with one attached hydrogen (secondary N) is 1. The molecule has 152 valence electrons. The summed E-state index contributed by atoms with van der Waals surface area (Å²) in [7, 11) is -3.27. The van der Waals surface area contributed by atoms with Crippen molar-refractivity contribution in [1.82, 2.24) is 19.8 Å². The third-order valence-electron chi connectivity index (χ3n) is 5.65. The maximum Gasteiger partial charge on any atom is 0.219 e. The molecule has 1 saturated heterocycles. The molecule has 2 aliphatic heterocycles. The van der Waals surface area contributed by atoms with Crippen LogP contribution in [0.1, 0.15) is 31.6 Å². The molecule has 3 heterocycles. The van der Waals surface area contributed by atoms with E-state index in [0.29, 0.717) is 24.8 Å². The fraction of sp³-hybridized carbons (Fsp3) is 0.579. The first-order valence-corrected chi connectivity index (χ1v) is 11.5. The molecule has 0 aliphatic carbocycles. The van der Waals surface area contributed by atoms with Gasteiger partial charge in [-0.3, -0.25) is 4.79 Å². The Morgan fingerprint density at radius 3 is 2.75 bits per heavy atom. The van der Waals surface area contributed by atoms with Crippen molar-refractivity contribution < 1.29 is 17.9 Å². The average Bonchev–Trinajstić information content (AvgIpc) is 3.04. The largest absolute Gasteiger partial charge is 0.371 e. The van der Waals surface area contributed by atoms with Gasteiger partial charge in [0.25, 0.3) is 0 Å². The summed E-state index contributed by atoms with van der Waals surface area (Å²) < 4.78 is 31.6. The zero-order valence-corrected chi connectivity index (χ0v) is 17.0. The standard InChI is InChI=1S/C19H26N4O4S/c1-13(24)22-7-5-14(6-8-22)20-10-15-11-27-12-19-21-17-9-16(28(2,25)26)3-4-18(17)23(15)19/h3-4,9,14-15,20H,5-8,10-12H2,1-2H3/t15-/m0/s1. The maximum absolute atomic E-state index is 11.8. The number of benzene rings is 1. The summed E-state index contributed by atoms with van der Waals surface area (Å²) in [4.78, 5) is 18.2. The van der Waals surface area contributed by atoms with Crippen LogP contribution in [0, 0.1) is 0 Å². The number of piperidine rings is 1. The van der Waals surface area contributed by atoms with Crippen molar-refractivity contribution in [2.45, 2.75) is 43.4 Å². The van der Waals surface area contributed by atoms with Crippen LogP contribution in [0.3, 0.4) is 0 Å². The number of amides is 1. The van der Waals surface area contributed by atoms with E-state index in [4.69, 9.17) is 4.74 Å². The van der Waals surface area contributed by atoms with Crippen molar-refractivity contribution in [3.63, 3.8) is 0 Å². The van der Waals surface area contributed by atoms with E-state index in [1.165, 1.54) is 6.26 Å². The number of hydrogen-bond donors (Lipinski definition) is 1. The van der Waals surface area contributed by atoms with Crippen LogP contribution in [0.15, 0.2) is 23.1 Å². The van der Waals surface area contributed by atoms with Crippen molar-refractivity contribution in [3.05, 3.63) is 24.0 Å². The van der Waals surface area contributed by atoms with E-state index < -0.39 is 9.84 Å². The molecule has 1 aromatic heterocycles. The fourth-order valence-electron chi connectivity index (χ4n) is 4.08. The summed E-state index contributed by atoms with van der Waals surface area (Å²) in [6.07, 6.45) is 3.10. The number of likely N-dealkylation sites (tertiary alicyclic amines) is 1. The molecule has 1 atom stereocenters. The molecule has 0 unspecified atom stereocenters. The molecule has 1 fully saturated rings. The van der Waals surface area contributed by atoms with E-state index in [2.05, 4.69) is 14.9 Å². The molecule has 0 saturated carbocycles. The Bertz CT molecular complexity index is 993. The van der Waals surface area contributed by atoms with Crippen LogP contribution in [0.25, 0.3) is 11.0 Å². The predicted molar refractivity (Wildman–Crippen MR) is 105 cm³/mol. The van der Waals surface area contributed by atoms with Crippen LogP contribution >= 0.6 is 0 Å². The molecule has 8 nitrogen and oxygen atoms in total. The Labute approximate surface area is 164 Å². The molecular formula is C19H26N4O4S. The summed E-state index contributed by atoms with van der Waals surface area (Å²) in [6, 6.07) is 5.60. The van der Waals surface area contributed by atoms with Gasteiger partial charge in [0.1, 0.15) is 12.4 Å². The Kier molecular flexibility index (Phi) is 5.15. The first-order chi connectivity index (χ1) is 13.3. The predicted octanol–water partition coefficient (Wildman–Crippen LogP) is 1.11. The van der Waals surface area contributed by atoms with Crippen LogP contribution in [-0.2, 0) is 26.0 Å². The number of rotatable bonds is 4. The molecule has 2 aromatic rings. The minimum Gasteiger partial charge on any atom is -0.371 e. The lowest BCUT2D eigenvalue weighted by atomic mass is 10.0. The molecule has 0 bridgehead atoms. The second kappa shape index (κ2) is 7.46. The van der Waals surface area contributed by atoms with Gasteiger partial charge in [-0.05, 0) is 31.0 Å². The van der Waals surface area contributed by atoms with E-state index >= 15 is 0 Å². The Morgan fingerprint density at radius 1 is 1.32 bits per heavy atom. The summed E-state index contributed by atoms with van der Waals surface area (Å²) >= 11 is 0. The smallest absolute Gasteiger partial charge is 0.219 e. The van der Waals surface area contributed by atoms with Gasteiger partial charge in [0, 0.05) is 38.9 Å². The lowest BCUT2D eigenvalue weighted by Gasteiger charge is -2.33. The first-order valence-electron chi connectivity index (χ1n) is 9.60. The number of carbonyl (C=O) groups excluding carboxylic acids is 1. The van der Waals surface area contributed by atoms with Crippen molar-refractivity contribution in [2.75, 3.05) is 32.5 Å². The third kappa shape index (κ3) is 3.78. The zero-order chi connectivity index (χ0) is 19.9. The summed E-state index contributed by atoms with van der Waals surface area (Å²) in [5.41, 5.74) is 1.62. The van der Waals surface area contributed by atoms with Gasteiger partial charge in [0.2, 0.25) is 5.91 Å². The van der Waals surface area contributed by atoms with Crippen molar-refractivity contribution in [3.8, 4) is 0 Å². The monoisotopic (exact) mass is 406 g/mol. The normalized spacial score (nSPS) is 21.1. The van der Waals surface area contributed by atoms with E-state index in [0.717, 1.165) is 43.8 Å². The van der Waals surface area contributed by atoms with Crippen LogP contribution in [0.4, 0.5) is 0 Å². The van der Waals surface area contributed by atoms with Gasteiger partial charge in [-0.1, -0.05) is 0 Å². The van der Waals surface area contributed by atoms with E-state index in [1.54, 1.807) is 19.1 Å².